The minimum Gasteiger partial charge on any atom is -0.486 e. The van der Waals surface area contributed by atoms with Crippen molar-refractivity contribution >= 4 is 0 Å². The van der Waals surface area contributed by atoms with Crippen LogP contribution in [0.3, 0.4) is 0 Å². The van der Waals surface area contributed by atoms with Crippen LogP contribution in [0.4, 0.5) is 0 Å². The van der Waals surface area contributed by atoms with Crippen LogP contribution >= 0.6 is 0 Å². The highest BCUT2D eigenvalue weighted by Crippen LogP contribution is 2.55. The average Bonchev–Trinajstić information content (AvgIpc) is 3.01. The Kier molecular flexibility index (Phi) is 6.28. The van der Waals surface area contributed by atoms with Gasteiger partial charge in [0.1, 0.15) is 17.7 Å². The van der Waals surface area contributed by atoms with E-state index in [9.17, 15) is 0 Å². The first-order valence-corrected chi connectivity index (χ1v) is 10.3. The number of nitriles is 2. The van der Waals surface area contributed by atoms with E-state index in [1.165, 1.54) is 16.7 Å². The third kappa shape index (κ3) is 3.83. The topological polar surface area (TPSA) is 56.8 Å². The second-order valence-electron chi connectivity index (χ2n) is 7.94. The Morgan fingerprint density at radius 2 is 1.06 bits per heavy atom. The largest absolute Gasteiger partial charge is 0.486 e. The number of benzene rings is 3. The summed E-state index contributed by atoms with van der Waals surface area (Å²) in [5, 5.41) is 16.9. The van der Waals surface area contributed by atoms with Crippen molar-refractivity contribution in [3.8, 4) is 12.1 Å². The summed E-state index contributed by atoms with van der Waals surface area (Å²) in [6.45, 7) is 8.76. The maximum Gasteiger partial charge on any atom is 0.144 e. The van der Waals surface area contributed by atoms with E-state index in [0.717, 1.165) is 5.76 Å². The van der Waals surface area contributed by atoms with Gasteiger partial charge in [0.15, 0.2) is 0 Å². The highest BCUT2D eigenvalue weighted by atomic mass is 16.5. The normalized spacial score (nSPS) is 21.9. The summed E-state index contributed by atoms with van der Waals surface area (Å²) in [6, 6.07) is 31.8. The van der Waals surface area contributed by atoms with Crippen LogP contribution in [0.15, 0.2) is 96.3 Å². The molecule has 3 aromatic rings. The number of nitrogens with zero attached hydrogens (tertiary/aromatic N) is 2. The average molecular weight is 407 g/mol. The maximum atomic E-state index is 8.45. The van der Waals surface area contributed by atoms with E-state index in [2.05, 4.69) is 88.4 Å². The van der Waals surface area contributed by atoms with Gasteiger partial charge in [-0.15, -0.1) is 0 Å². The van der Waals surface area contributed by atoms with Gasteiger partial charge < -0.3 is 4.74 Å². The number of ether oxygens (including phenoxy) is 1. The second kappa shape index (κ2) is 8.90. The first-order valence-electron chi connectivity index (χ1n) is 10.3. The molecular weight excluding hydrogens is 380 g/mol. The molecule has 1 heterocycles. The Hall–Kier alpha value is -3.82. The van der Waals surface area contributed by atoms with Crippen LogP contribution < -0.4 is 0 Å². The van der Waals surface area contributed by atoms with E-state index >= 15 is 0 Å². The van der Waals surface area contributed by atoms with Crippen LogP contribution in [0.2, 0.25) is 0 Å². The van der Waals surface area contributed by atoms with Gasteiger partial charge in [0.25, 0.3) is 0 Å². The predicted molar refractivity (Wildman–Crippen MR) is 123 cm³/mol. The van der Waals surface area contributed by atoms with Crippen molar-refractivity contribution in [1.82, 2.24) is 0 Å². The summed E-state index contributed by atoms with van der Waals surface area (Å²) < 4.78 is 6.40. The van der Waals surface area contributed by atoms with Crippen LogP contribution in [0.25, 0.3) is 0 Å². The van der Waals surface area contributed by atoms with Gasteiger partial charge in [0.05, 0.1) is 22.3 Å². The third-order valence-electron chi connectivity index (χ3n) is 6.43. The van der Waals surface area contributed by atoms with Crippen molar-refractivity contribution in [2.45, 2.75) is 38.7 Å². The van der Waals surface area contributed by atoms with E-state index in [1.807, 2.05) is 12.1 Å². The molecule has 31 heavy (non-hydrogen) atoms. The number of hydrogen-bond acceptors (Lipinski definition) is 3. The molecule has 0 saturated heterocycles. The SMILES string of the molecule is CC1=C(C)C(C)(c2ccccc2)C(C)(c2ccccc2)O1.N#Cc1ccccc1C#N. The van der Waals surface area contributed by atoms with E-state index < -0.39 is 0 Å². The maximum absolute atomic E-state index is 8.45. The van der Waals surface area contributed by atoms with Gasteiger partial charge >= 0.3 is 0 Å². The van der Waals surface area contributed by atoms with Crippen LogP contribution in [0.1, 0.15) is 49.9 Å². The van der Waals surface area contributed by atoms with Gasteiger partial charge in [-0.2, -0.15) is 10.5 Å². The molecule has 3 aromatic carbocycles. The summed E-state index contributed by atoms with van der Waals surface area (Å²) in [5.41, 5.74) is 4.14. The summed E-state index contributed by atoms with van der Waals surface area (Å²) in [7, 11) is 0. The van der Waals surface area contributed by atoms with Crippen molar-refractivity contribution in [2.75, 3.05) is 0 Å². The van der Waals surface area contributed by atoms with E-state index in [4.69, 9.17) is 15.3 Å². The van der Waals surface area contributed by atoms with Gasteiger partial charge in [0, 0.05) is 0 Å². The molecule has 2 atom stereocenters. The summed E-state index contributed by atoms with van der Waals surface area (Å²) in [6.07, 6.45) is 0. The molecule has 0 N–H and O–H groups in total. The predicted octanol–water partition coefficient (Wildman–Crippen LogP) is 6.61. The molecule has 3 heteroatoms. The molecule has 0 spiro atoms. The van der Waals surface area contributed by atoms with Gasteiger partial charge in [-0.1, -0.05) is 72.8 Å². The zero-order valence-corrected chi connectivity index (χ0v) is 18.4. The fourth-order valence-electron chi connectivity index (χ4n) is 4.24. The van der Waals surface area contributed by atoms with Crippen molar-refractivity contribution in [3.63, 3.8) is 0 Å². The second-order valence-corrected chi connectivity index (χ2v) is 7.94. The highest BCUT2D eigenvalue weighted by molar-refractivity contribution is 5.47. The zero-order chi connectivity index (χ0) is 22.5. The highest BCUT2D eigenvalue weighted by Gasteiger charge is 2.55. The number of hydrogen-bond donors (Lipinski definition) is 0. The minimum atomic E-state index is -0.385. The molecule has 0 amide bonds. The summed E-state index contributed by atoms with van der Waals surface area (Å²) in [5.74, 6) is 1.03. The Morgan fingerprint density at radius 3 is 1.52 bits per heavy atom. The Morgan fingerprint density at radius 1 is 0.645 bits per heavy atom. The van der Waals surface area contributed by atoms with Gasteiger partial charge in [0.2, 0.25) is 0 Å². The van der Waals surface area contributed by atoms with Gasteiger partial charge in [-0.3, -0.25) is 0 Å². The molecule has 0 aliphatic carbocycles. The fourth-order valence-corrected chi connectivity index (χ4v) is 4.24. The monoisotopic (exact) mass is 406 g/mol. The van der Waals surface area contributed by atoms with E-state index in [0.29, 0.717) is 11.1 Å². The molecule has 4 rings (SSSR count). The summed E-state index contributed by atoms with van der Waals surface area (Å²) in [4.78, 5) is 0. The van der Waals surface area contributed by atoms with Crippen LogP contribution in [0, 0.1) is 22.7 Å². The molecule has 3 nitrogen and oxygen atoms in total. The minimum absolute atomic E-state index is 0.167. The first-order chi connectivity index (χ1) is 14.9. The molecule has 0 radical (unpaired) electrons. The van der Waals surface area contributed by atoms with Crippen LogP contribution in [-0.2, 0) is 15.8 Å². The number of rotatable bonds is 2. The molecule has 2 unspecified atom stereocenters. The third-order valence-corrected chi connectivity index (χ3v) is 6.43. The van der Waals surface area contributed by atoms with Gasteiger partial charge in [-0.25, -0.2) is 0 Å². The molecule has 1 aliphatic heterocycles. The smallest absolute Gasteiger partial charge is 0.144 e. The molecule has 154 valence electrons. The molecule has 0 aromatic heterocycles. The molecule has 1 aliphatic rings. The van der Waals surface area contributed by atoms with Crippen LogP contribution in [0.5, 0.6) is 0 Å². The Balaban J connectivity index is 0.000000229. The lowest BCUT2D eigenvalue weighted by atomic mass is 9.64. The lowest BCUT2D eigenvalue weighted by Crippen LogP contribution is -2.43. The van der Waals surface area contributed by atoms with E-state index in [1.54, 1.807) is 24.3 Å². The zero-order valence-electron chi connectivity index (χ0n) is 18.4. The Bertz CT molecular complexity index is 1140. The van der Waals surface area contributed by atoms with Crippen molar-refractivity contribution < 1.29 is 4.74 Å². The first kappa shape index (κ1) is 21.9. The molecule has 0 fully saturated rings. The van der Waals surface area contributed by atoms with E-state index in [-0.39, 0.29) is 11.0 Å². The molecule has 0 bridgehead atoms. The van der Waals surface area contributed by atoms with Crippen molar-refractivity contribution in [3.05, 3.63) is 119 Å². The Labute approximate surface area is 184 Å². The van der Waals surface area contributed by atoms with Gasteiger partial charge in [-0.05, 0) is 56.5 Å². The standard InChI is InChI=1S/C20H22O.C8H4N2/c1-15-16(2)21-20(4,18-13-9-6-10-14-18)19(15,3)17-11-7-5-8-12-17;9-5-7-3-1-2-4-8(7)6-10/h5-14H,1-4H3;1-4H. The van der Waals surface area contributed by atoms with Crippen molar-refractivity contribution in [2.24, 2.45) is 0 Å². The number of allylic oxidation sites excluding steroid dienone is 1. The molecule has 0 saturated carbocycles. The van der Waals surface area contributed by atoms with Crippen molar-refractivity contribution in [1.29, 1.82) is 10.5 Å². The quantitative estimate of drug-likeness (QED) is 0.481. The lowest BCUT2D eigenvalue weighted by molar-refractivity contribution is -0.00512. The summed E-state index contributed by atoms with van der Waals surface area (Å²) >= 11 is 0. The lowest BCUT2D eigenvalue weighted by Gasteiger charge is -2.42. The fraction of sp³-hybridized carbons (Fsp3) is 0.214. The van der Waals surface area contributed by atoms with Crippen LogP contribution in [-0.4, -0.2) is 0 Å². The molecular formula is C28H26N2O.